The van der Waals surface area contributed by atoms with Crippen LogP contribution in [-0.4, -0.2) is 27.4 Å². The van der Waals surface area contributed by atoms with Crippen molar-refractivity contribution in [2.75, 3.05) is 7.05 Å². The zero-order valence-electron chi connectivity index (χ0n) is 11.8. The van der Waals surface area contributed by atoms with Crippen LogP contribution in [-0.2, 0) is 13.6 Å². The molecule has 19 heavy (non-hydrogen) atoms. The summed E-state index contributed by atoms with van der Waals surface area (Å²) in [6, 6.07) is 5.79. The Hall–Kier alpha value is -2.10. The van der Waals surface area contributed by atoms with E-state index in [-0.39, 0.29) is 5.91 Å². The predicted octanol–water partition coefficient (Wildman–Crippen LogP) is 2.31. The second-order valence-corrected chi connectivity index (χ2v) is 4.91. The van der Waals surface area contributed by atoms with Gasteiger partial charge in [0.05, 0.1) is 6.54 Å². The SMILES string of the molecule is Cc1ccc(C(=O)N(C)Cc2nccn2C)cc1C. The minimum Gasteiger partial charge on any atom is -0.337 e. The number of hydrogen-bond acceptors (Lipinski definition) is 2. The van der Waals surface area contributed by atoms with E-state index in [4.69, 9.17) is 0 Å². The van der Waals surface area contributed by atoms with Gasteiger partial charge >= 0.3 is 0 Å². The summed E-state index contributed by atoms with van der Waals surface area (Å²) < 4.78 is 1.92. The number of hydrogen-bond donors (Lipinski definition) is 0. The summed E-state index contributed by atoms with van der Waals surface area (Å²) in [5, 5.41) is 0. The van der Waals surface area contributed by atoms with Crippen molar-refractivity contribution >= 4 is 5.91 Å². The van der Waals surface area contributed by atoms with Crippen molar-refractivity contribution in [1.29, 1.82) is 0 Å². The van der Waals surface area contributed by atoms with Crippen molar-refractivity contribution in [1.82, 2.24) is 14.5 Å². The van der Waals surface area contributed by atoms with Gasteiger partial charge in [-0.1, -0.05) is 6.07 Å². The first kappa shape index (κ1) is 13.3. The summed E-state index contributed by atoms with van der Waals surface area (Å²) in [5.41, 5.74) is 3.05. The Morgan fingerprint density at radius 3 is 2.63 bits per heavy atom. The van der Waals surface area contributed by atoms with E-state index in [1.165, 1.54) is 5.56 Å². The van der Waals surface area contributed by atoms with Gasteiger partial charge in [0.15, 0.2) is 0 Å². The number of aryl methyl sites for hydroxylation is 3. The van der Waals surface area contributed by atoms with E-state index in [0.717, 1.165) is 17.0 Å². The number of nitrogens with zero attached hydrogens (tertiary/aromatic N) is 3. The third-order valence-electron chi connectivity index (χ3n) is 3.40. The maximum absolute atomic E-state index is 12.3. The van der Waals surface area contributed by atoms with Gasteiger partial charge in [-0.3, -0.25) is 4.79 Å². The average Bonchev–Trinajstić information content (AvgIpc) is 2.77. The molecule has 2 aromatic rings. The topological polar surface area (TPSA) is 38.1 Å². The molecule has 1 aromatic heterocycles. The molecular formula is C15H19N3O. The highest BCUT2D eigenvalue weighted by Gasteiger charge is 2.14. The van der Waals surface area contributed by atoms with E-state index >= 15 is 0 Å². The van der Waals surface area contributed by atoms with E-state index < -0.39 is 0 Å². The molecule has 2 rings (SSSR count). The standard InChI is InChI=1S/C15H19N3O/c1-11-5-6-13(9-12(11)2)15(19)18(4)10-14-16-7-8-17(14)3/h5-9H,10H2,1-4H3. The first-order chi connectivity index (χ1) is 8.99. The molecule has 0 N–H and O–H groups in total. The second kappa shape index (κ2) is 5.26. The number of carbonyl (C=O) groups is 1. The lowest BCUT2D eigenvalue weighted by molar-refractivity contribution is 0.0780. The first-order valence-corrected chi connectivity index (χ1v) is 6.28. The molecule has 1 amide bonds. The Balaban J connectivity index is 2.15. The minimum atomic E-state index is 0.0195. The van der Waals surface area contributed by atoms with Crippen LogP contribution in [0.3, 0.4) is 0 Å². The van der Waals surface area contributed by atoms with Crippen LogP contribution >= 0.6 is 0 Å². The molecule has 0 bridgehead atoms. The Morgan fingerprint density at radius 1 is 1.32 bits per heavy atom. The third kappa shape index (κ3) is 2.84. The molecule has 0 fully saturated rings. The lowest BCUT2D eigenvalue weighted by Gasteiger charge is -2.17. The molecule has 0 saturated heterocycles. The number of carbonyl (C=O) groups excluding carboxylic acids is 1. The maximum Gasteiger partial charge on any atom is 0.254 e. The molecule has 0 aliphatic heterocycles. The smallest absolute Gasteiger partial charge is 0.254 e. The first-order valence-electron chi connectivity index (χ1n) is 6.28. The molecule has 0 aliphatic rings. The van der Waals surface area contributed by atoms with Gasteiger partial charge in [0, 0.05) is 32.1 Å². The van der Waals surface area contributed by atoms with E-state index in [1.807, 2.05) is 49.9 Å². The molecule has 4 nitrogen and oxygen atoms in total. The fraction of sp³-hybridized carbons (Fsp3) is 0.333. The molecule has 4 heteroatoms. The van der Waals surface area contributed by atoms with Crippen molar-refractivity contribution in [3.63, 3.8) is 0 Å². The Morgan fingerprint density at radius 2 is 2.05 bits per heavy atom. The Kier molecular flexibility index (Phi) is 3.69. The molecular weight excluding hydrogens is 238 g/mol. The minimum absolute atomic E-state index is 0.0195. The van der Waals surface area contributed by atoms with Crippen LogP contribution in [0.2, 0.25) is 0 Å². The van der Waals surface area contributed by atoms with Crippen LogP contribution in [0.1, 0.15) is 27.3 Å². The van der Waals surface area contributed by atoms with Gasteiger partial charge in [0.1, 0.15) is 5.82 Å². The summed E-state index contributed by atoms with van der Waals surface area (Å²) in [5.74, 6) is 0.894. The molecule has 0 atom stereocenters. The number of aromatic nitrogens is 2. The van der Waals surface area contributed by atoms with Crippen LogP contribution in [0.5, 0.6) is 0 Å². The van der Waals surface area contributed by atoms with Gasteiger partial charge < -0.3 is 9.47 Å². The molecule has 100 valence electrons. The highest BCUT2D eigenvalue weighted by molar-refractivity contribution is 5.94. The van der Waals surface area contributed by atoms with Crippen molar-refractivity contribution < 1.29 is 4.79 Å². The summed E-state index contributed by atoms with van der Waals surface area (Å²) in [7, 11) is 3.73. The van der Waals surface area contributed by atoms with Crippen LogP contribution in [0.15, 0.2) is 30.6 Å². The van der Waals surface area contributed by atoms with Gasteiger partial charge in [0.2, 0.25) is 0 Å². The van der Waals surface area contributed by atoms with Crippen molar-refractivity contribution in [2.45, 2.75) is 20.4 Å². The van der Waals surface area contributed by atoms with E-state index in [2.05, 4.69) is 4.98 Å². The largest absolute Gasteiger partial charge is 0.337 e. The lowest BCUT2D eigenvalue weighted by Crippen LogP contribution is -2.27. The third-order valence-corrected chi connectivity index (χ3v) is 3.40. The zero-order chi connectivity index (χ0) is 14.0. The number of imidazole rings is 1. The van der Waals surface area contributed by atoms with Crippen LogP contribution in [0.25, 0.3) is 0 Å². The monoisotopic (exact) mass is 257 g/mol. The summed E-state index contributed by atoms with van der Waals surface area (Å²) in [6.45, 7) is 4.57. The van der Waals surface area contributed by atoms with E-state index in [1.54, 1.807) is 18.1 Å². The second-order valence-electron chi connectivity index (χ2n) is 4.91. The van der Waals surface area contributed by atoms with Gasteiger partial charge in [-0.2, -0.15) is 0 Å². The molecule has 0 unspecified atom stereocenters. The normalized spacial score (nSPS) is 10.5. The van der Waals surface area contributed by atoms with Gasteiger partial charge in [0.25, 0.3) is 5.91 Å². The van der Waals surface area contributed by atoms with Crippen molar-refractivity contribution in [2.24, 2.45) is 7.05 Å². The average molecular weight is 257 g/mol. The van der Waals surface area contributed by atoms with Gasteiger partial charge in [-0.05, 0) is 37.1 Å². The lowest BCUT2D eigenvalue weighted by atomic mass is 10.1. The van der Waals surface area contributed by atoms with E-state index in [0.29, 0.717) is 6.54 Å². The number of amides is 1. The van der Waals surface area contributed by atoms with E-state index in [9.17, 15) is 4.79 Å². The summed E-state index contributed by atoms with van der Waals surface area (Å²) in [4.78, 5) is 18.3. The predicted molar refractivity (Wildman–Crippen MR) is 74.9 cm³/mol. The molecule has 0 spiro atoms. The van der Waals surface area contributed by atoms with Crippen LogP contribution < -0.4 is 0 Å². The van der Waals surface area contributed by atoms with Gasteiger partial charge in [-0.25, -0.2) is 4.98 Å². The van der Waals surface area contributed by atoms with Crippen LogP contribution in [0.4, 0.5) is 0 Å². The van der Waals surface area contributed by atoms with Gasteiger partial charge in [-0.15, -0.1) is 0 Å². The van der Waals surface area contributed by atoms with Crippen LogP contribution in [0, 0.1) is 13.8 Å². The quantitative estimate of drug-likeness (QED) is 0.846. The molecule has 1 heterocycles. The summed E-state index contributed by atoms with van der Waals surface area (Å²) in [6.07, 6.45) is 3.62. The van der Waals surface area contributed by atoms with Crippen molar-refractivity contribution in [3.8, 4) is 0 Å². The summed E-state index contributed by atoms with van der Waals surface area (Å²) >= 11 is 0. The molecule has 1 aromatic carbocycles. The molecule has 0 aliphatic carbocycles. The number of benzene rings is 1. The maximum atomic E-state index is 12.3. The Labute approximate surface area is 113 Å². The highest BCUT2D eigenvalue weighted by atomic mass is 16.2. The zero-order valence-corrected chi connectivity index (χ0v) is 11.8. The molecule has 0 saturated carbocycles. The van der Waals surface area contributed by atoms with Crippen molar-refractivity contribution in [3.05, 3.63) is 53.1 Å². The molecule has 0 radical (unpaired) electrons. The fourth-order valence-electron chi connectivity index (χ4n) is 1.93. The number of rotatable bonds is 3. The fourth-order valence-corrected chi connectivity index (χ4v) is 1.93. The highest BCUT2D eigenvalue weighted by Crippen LogP contribution is 2.12. The Bertz CT molecular complexity index is 601.